The van der Waals surface area contributed by atoms with E-state index < -0.39 is 10.0 Å². The molecule has 0 spiro atoms. The molecular formula is C12H17N3O3S. The van der Waals surface area contributed by atoms with Crippen LogP contribution in [0.15, 0.2) is 24.3 Å². The van der Waals surface area contributed by atoms with Gasteiger partial charge in [0.2, 0.25) is 10.0 Å². The van der Waals surface area contributed by atoms with Gasteiger partial charge in [0, 0.05) is 12.6 Å². The molecule has 0 unspecified atom stereocenters. The van der Waals surface area contributed by atoms with Gasteiger partial charge in [-0.15, -0.1) is 0 Å². The molecular weight excluding hydrogens is 266 g/mol. The number of rotatable bonds is 6. The van der Waals surface area contributed by atoms with Crippen molar-refractivity contribution in [2.75, 3.05) is 17.0 Å². The first-order valence-electron chi connectivity index (χ1n) is 6.12. The Bertz CT molecular complexity index is 567. The van der Waals surface area contributed by atoms with Crippen LogP contribution in [-0.2, 0) is 10.0 Å². The number of carbonyl (C=O) groups is 1. The summed E-state index contributed by atoms with van der Waals surface area (Å²) in [5, 5.41) is 2.83. The molecule has 4 N–H and O–H groups in total. The maximum absolute atomic E-state index is 12.0. The quantitative estimate of drug-likeness (QED) is 0.698. The number of hydrogen-bond donors (Lipinski definition) is 3. The average Bonchev–Trinajstić information content (AvgIpc) is 3.12. The van der Waals surface area contributed by atoms with Gasteiger partial charge in [-0.2, -0.15) is 0 Å². The third-order valence-electron chi connectivity index (χ3n) is 2.74. The van der Waals surface area contributed by atoms with E-state index in [1.807, 2.05) is 0 Å². The second-order valence-corrected chi connectivity index (χ2v) is 6.34. The third kappa shape index (κ3) is 3.93. The number of sulfonamides is 1. The third-order valence-corrected chi connectivity index (χ3v) is 4.04. The molecule has 2 rings (SSSR count). The minimum atomic E-state index is -3.51. The summed E-state index contributed by atoms with van der Waals surface area (Å²) in [5.41, 5.74) is 5.86. The molecule has 1 saturated carbocycles. The van der Waals surface area contributed by atoms with Crippen molar-refractivity contribution < 1.29 is 13.2 Å². The van der Waals surface area contributed by atoms with Crippen LogP contribution in [0, 0.1) is 0 Å². The molecule has 104 valence electrons. The van der Waals surface area contributed by atoms with Crippen molar-refractivity contribution in [3.63, 3.8) is 0 Å². The molecule has 0 radical (unpaired) electrons. The number of amides is 1. The number of nitrogens with one attached hydrogen (secondary N) is 2. The van der Waals surface area contributed by atoms with Crippen molar-refractivity contribution in [2.24, 2.45) is 5.73 Å². The van der Waals surface area contributed by atoms with Gasteiger partial charge in [0.25, 0.3) is 5.91 Å². The van der Waals surface area contributed by atoms with Gasteiger partial charge in [-0.1, -0.05) is 12.1 Å². The maximum Gasteiger partial charge on any atom is 0.253 e. The molecule has 0 heterocycles. The van der Waals surface area contributed by atoms with Crippen LogP contribution in [0.5, 0.6) is 0 Å². The van der Waals surface area contributed by atoms with Crippen LogP contribution in [0.25, 0.3) is 0 Å². The lowest BCUT2D eigenvalue weighted by Gasteiger charge is -2.12. The van der Waals surface area contributed by atoms with Crippen molar-refractivity contribution in [1.29, 1.82) is 0 Å². The summed E-state index contributed by atoms with van der Waals surface area (Å²) in [6.45, 7) is 0.0335. The first-order chi connectivity index (χ1) is 9.02. The number of para-hydroxylation sites is 1. The average molecular weight is 283 g/mol. The summed E-state index contributed by atoms with van der Waals surface area (Å²) in [7, 11) is -3.51. The van der Waals surface area contributed by atoms with Crippen molar-refractivity contribution in [1.82, 2.24) is 5.32 Å². The molecule has 19 heavy (non-hydrogen) atoms. The van der Waals surface area contributed by atoms with Crippen molar-refractivity contribution in [3.05, 3.63) is 29.8 Å². The number of nitrogens with two attached hydrogens (primary N) is 1. The van der Waals surface area contributed by atoms with Crippen LogP contribution in [0.3, 0.4) is 0 Å². The van der Waals surface area contributed by atoms with E-state index in [0.717, 1.165) is 12.8 Å². The van der Waals surface area contributed by atoms with Gasteiger partial charge in [-0.05, 0) is 25.0 Å². The SMILES string of the molecule is NCCS(=O)(=O)Nc1ccccc1C(=O)NC1CC1. The molecule has 0 saturated heterocycles. The van der Waals surface area contributed by atoms with Crippen LogP contribution >= 0.6 is 0 Å². The Kier molecular flexibility index (Phi) is 4.06. The normalized spacial score (nSPS) is 15.0. The van der Waals surface area contributed by atoms with Gasteiger partial charge in [-0.3, -0.25) is 9.52 Å². The molecule has 1 fully saturated rings. The van der Waals surface area contributed by atoms with Crippen molar-refractivity contribution in [2.45, 2.75) is 18.9 Å². The Morgan fingerprint density at radius 2 is 2.00 bits per heavy atom. The van der Waals surface area contributed by atoms with Crippen molar-refractivity contribution >= 4 is 21.6 Å². The van der Waals surface area contributed by atoms with Gasteiger partial charge in [0.05, 0.1) is 17.0 Å². The highest BCUT2D eigenvalue weighted by Crippen LogP contribution is 2.22. The Morgan fingerprint density at radius 3 is 2.63 bits per heavy atom. The Morgan fingerprint density at radius 1 is 1.32 bits per heavy atom. The summed E-state index contributed by atoms with van der Waals surface area (Å²) < 4.78 is 25.8. The van der Waals surface area contributed by atoms with E-state index in [1.165, 1.54) is 0 Å². The minimum Gasteiger partial charge on any atom is -0.349 e. The fraction of sp³-hybridized carbons (Fsp3) is 0.417. The number of anilines is 1. The number of hydrogen-bond acceptors (Lipinski definition) is 4. The van der Waals surface area contributed by atoms with E-state index in [1.54, 1.807) is 24.3 Å². The predicted octanol–water partition coefficient (Wildman–Crippen LogP) is 0.279. The molecule has 1 aromatic rings. The molecule has 1 aliphatic carbocycles. The second kappa shape index (κ2) is 5.58. The molecule has 7 heteroatoms. The molecule has 0 atom stereocenters. The highest BCUT2D eigenvalue weighted by Gasteiger charge is 2.25. The predicted molar refractivity (Wildman–Crippen MR) is 73.4 cm³/mol. The molecule has 6 nitrogen and oxygen atoms in total. The van der Waals surface area contributed by atoms with Gasteiger partial charge in [-0.25, -0.2) is 8.42 Å². The molecule has 1 aliphatic rings. The van der Waals surface area contributed by atoms with E-state index >= 15 is 0 Å². The molecule has 0 aliphatic heterocycles. The topological polar surface area (TPSA) is 101 Å². The molecule has 1 aromatic carbocycles. The van der Waals surface area contributed by atoms with Gasteiger partial charge in [0.15, 0.2) is 0 Å². The zero-order valence-corrected chi connectivity index (χ0v) is 11.2. The fourth-order valence-corrected chi connectivity index (χ4v) is 2.56. The van der Waals surface area contributed by atoms with Crippen LogP contribution in [0.2, 0.25) is 0 Å². The van der Waals surface area contributed by atoms with Gasteiger partial charge >= 0.3 is 0 Å². The summed E-state index contributed by atoms with van der Waals surface area (Å²) in [6.07, 6.45) is 1.96. The molecule has 1 amide bonds. The summed E-state index contributed by atoms with van der Waals surface area (Å²) in [4.78, 5) is 12.0. The zero-order valence-electron chi connectivity index (χ0n) is 10.4. The van der Waals surface area contributed by atoms with E-state index in [0.29, 0.717) is 5.56 Å². The fourth-order valence-electron chi connectivity index (χ4n) is 1.63. The minimum absolute atomic E-state index is 0.0335. The van der Waals surface area contributed by atoms with Gasteiger partial charge < -0.3 is 11.1 Å². The zero-order chi connectivity index (χ0) is 13.9. The lowest BCUT2D eigenvalue weighted by molar-refractivity contribution is 0.0952. The Balaban J connectivity index is 2.17. The first kappa shape index (κ1) is 13.8. The summed E-state index contributed by atoms with van der Waals surface area (Å²) in [5.74, 6) is -0.431. The first-order valence-corrected chi connectivity index (χ1v) is 7.77. The number of benzene rings is 1. The lowest BCUT2D eigenvalue weighted by Crippen LogP contribution is -2.28. The van der Waals surface area contributed by atoms with Crippen LogP contribution in [0.4, 0.5) is 5.69 Å². The molecule has 0 aromatic heterocycles. The van der Waals surface area contributed by atoms with E-state index in [9.17, 15) is 13.2 Å². The molecule has 0 bridgehead atoms. The van der Waals surface area contributed by atoms with E-state index in [2.05, 4.69) is 10.0 Å². The van der Waals surface area contributed by atoms with Crippen LogP contribution in [0.1, 0.15) is 23.2 Å². The Hall–Kier alpha value is -1.60. The standard InChI is InChI=1S/C12H17N3O3S/c13-7-8-19(17,18)15-11-4-2-1-3-10(11)12(16)14-9-5-6-9/h1-4,9,15H,5-8,13H2,(H,14,16). The second-order valence-electron chi connectivity index (χ2n) is 4.50. The highest BCUT2D eigenvalue weighted by molar-refractivity contribution is 7.92. The van der Waals surface area contributed by atoms with E-state index in [4.69, 9.17) is 5.73 Å². The van der Waals surface area contributed by atoms with Crippen LogP contribution in [-0.4, -0.2) is 32.7 Å². The van der Waals surface area contributed by atoms with Gasteiger partial charge in [0.1, 0.15) is 0 Å². The number of carbonyl (C=O) groups excluding carboxylic acids is 1. The summed E-state index contributed by atoms with van der Waals surface area (Å²) >= 11 is 0. The summed E-state index contributed by atoms with van der Waals surface area (Å²) in [6, 6.07) is 6.76. The lowest BCUT2D eigenvalue weighted by atomic mass is 10.1. The van der Waals surface area contributed by atoms with Crippen molar-refractivity contribution in [3.8, 4) is 0 Å². The monoisotopic (exact) mass is 283 g/mol. The largest absolute Gasteiger partial charge is 0.349 e. The smallest absolute Gasteiger partial charge is 0.253 e. The maximum atomic E-state index is 12.0. The van der Waals surface area contributed by atoms with E-state index in [-0.39, 0.29) is 29.9 Å². The van der Waals surface area contributed by atoms with Crippen LogP contribution < -0.4 is 15.8 Å². The highest BCUT2D eigenvalue weighted by atomic mass is 32.2. The Labute approximate surface area is 112 Å².